The van der Waals surface area contributed by atoms with Crippen molar-refractivity contribution < 1.29 is 13.2 Å². The third kappa shape index (κ3) is 4.40. The molecule has 0 bridgehead atoms. The number of hydrogen-bond donors (Lipinski definition) is 1. The normalized spacial score (nSPS) is 13.5. The van der Waals surface area contributed by atoms with Gasteiger partial charge in [-0.3, -0.25) is 0 Å². The summed E-state index contributed by atoms with van der Waals surface area (Å²) in [6, 6.07) is 7.28. The van der Waals surface area contributed by atoms with Crippen molar-refractivity contribution in [1.82, 2.24) is 5.32 Å². The van der Waals surface area contributed by atoms with Crippen molar-refractivity contribution >= 4 is 9.84 Å². The molecule has 1 rings (SSSR count). The van der Waals surface area contributed by atoms with Gasteiger partial charge in [-0.1, -0.05) is 12.1 Å². The number of ether oxygens (including phenoxy) is 1. The Bertz CT molecular complexity index is 454. The van der Waals surface area contributed by atoms with Crippen LogP contribution in [0.3, 0.4) is 0 Å². The number of hydrogen-bond acceptors (Lipinski definition) is 4. The van der Waals surface area contributed by atoms with E-state index in [1.54, 1.807) is 19.2 Å². The molecule has 0 fully saturated rings. The summed E-state index contributed by atoms with van der Waals surface area (Å²) in [6.07, 6.45) is 3.15. The van der Waals surface area contributed by atoms with Gasteiger partial charge in [0.15, 0.2) is 9.84 Å². The van der Waals surface area contributed by atoms with Gasteiger partial charge in [0.05, 0.1) is 4.90 Å². The maximum atomic E-state index is 11.4. The third-order valence-corrected chi connectivity index (χ3v) is 4.03. The van der Waals surface area contributed by atoms with Gasteiger partial charge in [-0.05, 0) is 37.6 Å². The molecule has 0 aliphatic carbocycles. The van der Waals surface area contributed by atoms with E-state index < -0.39 is 9.84 Å². The summed E-state index contributed by atoms with van der Waals surface area (Å²) in [5.41, 5.74) is 1.10. The number of rotatable bonds is 7. The van der Waals surface area contributed by atoms with Gasteiger partial charge in [-0.15, -0.1) is 0 Å². The lowest BCUT2D eigenvalue weighted by molar-refractivity contribution is 0.189. The quantitative estimate of drug-likeness (QED) is 0.768. The van der Waals surface area contributed by atoms with Crippen molar-refractivity contribution in [3.05, 3.63) is 29.8 Å². The van der Waals surface area contributed by atoms with Crippen LogP contribution in [0.15, 0.2) is 29.2 Å². The SMILES string of the molecule is CNC(CCCOC)c1ccc(S(C)(=O)=O)cc1. The topological polar surface area (TPSA) is 55.4 Å². The molecule has 1 unspecified atom stereocenters. The predicted octanol–water partition coefficient (Wildman–Crippen LogP) is 1.78. The van der Waals surface area contributed by atoms with Gasteiger partial charge in [0, 0.05) is 26.0 Å². The zero-order valence-electron chi connectivity index (χ0n) is 11.1. The Kier molecular flexibility index (Phi) is 5.78. The molecular formula is C13H21NO3S. The minimum atomic E-state index is -3.11. The molecule has 0 aliphatic heterocycles. The second-order valence-electron chi connectivity index (χ2n) is 4.32. The molecule has 0 aliphatic rings. The van der Waals surface area contributed by atoms with Crippen molar-refractivity contribution in [3.8, 4) is 0 Å². The lowest BCUT2D eigenvalue weighted by atomic mass is 10.0. The fraction of sp³-hybridized carbons (Fsp3) is 0.538. The molecule has 1 N–H and O–H groups in total. The molecule has 18 heavy (non-hydrogen) atoms. The van der Waals surface area contributed by atoms with Crippen molar-refractivity contribution in [2.24, 2.45) is 0 Å². The van der Waals surface area contributed by atoms with Gasteiger partial charge in [0.2, 0.25) is 0 Å². The van der Waals surface area contributed by atoms with Gasteiger partial charge in [-0.25, -0.2) is 8.42 Å². The molecule has 4 nitrogen and oxygen atoms in total. The highest BCUT2D eigenvalue weighted by Crippen LogP contribution is 2.20. The lowest BCUT2D eigenvalue weighted by Crippen LogP contribution is -2.17. The Balaban J connectivity index is 2.76. The monoisotopic (exact) mass is 271 g/mol. The summed E-state index contributed by atoms with van der Waals surface area (Å²) in [5.74, 6) is 0. The third-order valence-electron chi connectivity index (χ3n) is 2.90. The van der Waals surface area contributed by atoms with E-state index in [1.165, 1.54) is 6.26 Å². The average molecular weight is 271 g/mol. The molecule has 0 saturated carbocycles. The minimum absolute atomic E-state index is 0.230. The molecule has 0 radical (unpaired) electrons. The van der Waals surface area contributed by atoms with Gasteiger partial charge in [-0.2, -0.15) is 0 Å². The molecule has 1 aromatic carbocycles. The van der Waals surface area contributed by atoms with E-state index in [9.17, 15) is 8.42 Å². The van der Waals surface area contributed by atoms with Crippen LogP contribution in [-0.2, 0) is 14.6 Å². The Morgan fingerprint density at radius 3 is 2.33 bits per heavy atom. The van der Waals surface area contributed by atoms with Crippen molar-refractivity contribution in [2.75, 3.05) is 27.0 Å². The first kappa shape index (κ1) is 15.1. The Hall–Kier alpha value is -0.910. The molecule has 0 amide bonds. The van der Waals surface area contributed by atoms with Crippen molar-refractivity contribution in [1.29, 1.82) is 0 Å². The van der Waals surface area contributed by atoms with E-state index >= 15 is 0 Å². The first-order valence-electron chi connectivity index (χ1n) is 5.95. The molecule has 0 saturated heterocycles. The van der Waals surface area contributed by atoms with Gasteiger partial charge < -0.3 is 10.1 Å². The average Bonchev–Trinajstić information content (AvgIpc) is 2.34. The van der Waals surface area contributed by atoms with Crippen LogP contribution in [-0.4, -0.2) is 35.4 Å². The lowest BCUT2D eigenvalue weighted by Gasteiger charge is -2.16. The standard InChI is InChI=1S/C13H21NO3S/c1-14-13(5-4-10-17-2)11-6-8-12(9-7-11)18(3,15)16/h6-9,13-14H,4-5,10H2,1-3H3. The first-order chi connectivity index (χ1) is 8.49. The Labute approximate surface area is 109 Å². The van der Waals surface area contributed by atoms with Crippen LogP contribution >= 0.6 is 0 Å². The summed E-state index contributed by atoms with van der Waals surface area (Å²) in [5, 5.41) is 3.23. The molecule has 0 spiro atoms. The Morgan fingerprint density at radius 1 is 1.28 bits per heavy atom. The highest BCUT2D eigenvalue weighted by Gasteiger charge is 2.11. The summed E-state index contributed by atoms with van der Waals surface area (Å²) >= 11 is 0. The van der Waals surface area contributed by atoms with Crippen LogP contribution in [0.1, 0.15) is 24.4 Å². The first-order valence-corrected chi connectivity index (χ1v) is 7.84. The number of nitrogens with one attached hydrogen (secondary N) is 1. The maximum Gasteiger partial charge on any atom is 0.175 e. The van der Waals surface area contributed by atoms with E-state index in [4.69, 9.17) is 4.74 Å². The van der Waals surface area contributed by atoms with Crippen molar-refractivity contribution in [2.45, 2.75) is 23.8 Å². The number of sulfone groups is 1. The molecule has 0 heterocycles. The van der Waals surface area contributed by atoms with Crippen molar-refractivity contribution in [3.63, 3.8) is 0 Å². The number of methoxy groups -OCH3 is 1. The molecule has 5 heteroatoms. The summed E-state index contributed by atoms with van der Waals surface area (Å²) in [7, 11) is 0.481. The molecule has 0 aromatic heterocycles. The fourth-order valence-electron chi connectivity index (χ4n) is 1.86. The van der Waals surface area contributed by atoms with Gasteiger partial charge in [0.1, 0.15) is 0 Å². The van der Waals surface area contributed by atoms with Gasteiger partial charge in [0.25, 0.3) is 0 Å². The van der Waals surface area contributed by atoms with E-state index in [2.05, 4.69) is 5.32 Å². The second kappa shape index (κ2) is 6.87. The van der Waals surface area contributed by atoms with Crippen LogP contribution < -0.4 is 5.32 Å². The van der Waals surface area contributed by atoms with E-state index in [1.807, 2.05) is 19.2 Å². The highest BCUT2D eigenvalue weighted by molar-refractivity contribution is 7.90. The molecular weight excluding hydrogens is 250 g/mol. The molecule has 102 valence electrons. The highest BCUT2D eigenvalue weighted by atomic mass is 32.2. The molecule has 1 atom stereocenters. The zero-order chi connectivity index (χ0) is 13.6. The predicted molar refractivity (Wildman–Crippen MR) is 72.5 cm³/mol. The van der Waals surface area contributed by atoms with E-state index in [0.717, 1.165) is 25.0 Å². The summed E-state index contributed by atoms with van der Waals surface area (Å²) in [6.45, 7) is 0.736. The smallest absolute Gasteiger partial charge is 0.175 e. The zero-order valence-corrected chi connectivity index (χ0v) is 12.0. The fourth-order valence-corrected chi connectivity index (χ4v) is 2.49. The largest absolute Gasteiger partial charge is 0.385 e. The number of benzene rings is 1. The Morgan fingerprint density at radius 2 is 1.89 bits per heavy atom. The maximum absolute atomic E-state index is 11.4. The van der Waals surface area contributed by atoms with Crippen LogP contribution in [0.25, 0.3) is 0 Å². The minimum Gasteiger partial charge on any atom is -0.385 e. The van der Waals surface area contributed by atoms with Crippen LogP contribution in [0, 0.1) is 0 Å². The van der Waals surface area contributed by atoms with Crippen LogP contribution in [0.4, 0.5) is 0 Å². The van der Waals surface area contributed by atoms with Crippen LogP contribution in [0.5, 0.6) is 0 Å². The van der Waals surface area contributed by atoms with Gasteiger partial charge >= 0.3 is 0 Å². The molecule has 1 aromatic rings. The van der Waals surface area contributed by atoms with E-state index in [-0.39, 0.29) is 6.04 Å². The van der Waals surface area contributed by atoms with E-state index in [0.29, 0.717) is 4.90 Å². The summed E-state index contributed by atoms with van der Waals surface area (Å²) in [4.78, 5) is 0.359. The van der Waals surface area contributed by atoms with Crippen LogP contribution in [0.2, 0.25) is 0 Å². The summed E-state index contributed by atoms with van der Waals surface area (Å²) < 4.78 is 27.8. The second-order valence-corrected chi connectivity index (χ2v) is 6.33.